The van der Waals surface area contributed by atoms with E-state index in [4.69, 9.17) is 4.74 Å². The number of ether oxygens (including phenoxy) is 1. The Bertz CT molecular complexity index is 321. The third-order valence-electron chi connectivity index (χ3n) is 2.50. The van der Waals surface area contributed by atoms with Gasteiger partial charge in [0.05, 0.1) is 11.0 Å². The van der Waals surface area contributed by atoms with E-state index in [9.17, 15) is 0 Å². The zero-order chi connectivity index (χ0) is 10.5. The number of nitrogens with one attached hydrogen (secondary N) is 1. The second-order valence-electron chi connectivity index (χ2n) is 3.57. The van der Waals surface area contributed by atoms with Crippen molar-refractivity contribution in [2.75, 3.05) is 20.2 Å². The number of nitrogens with zero attached hydrogens (tertiary/aromatic N) is 1. The fourth-order valence-corrected chi connectivity index (χ4v) is 2.44. The van der Waals surface area contributed by atoms with Crippen molar-refractivity contribution in [2.45, 2.75) is 18.9 Å². The molecule has 0 bridgehead atoms. The van der Waals surface area contributed by atoms with Gasteiger partial charge >= 0.3 is 0 Å². The number of hydrogen-bond acceptors (Lipinski definition) is 3. The second kappa shape index (κ2) is 6.89. The normalized spacial score (nSPS) is 20.6. The summed E-state index contributed by atoms with van der Waals surface area (Å²) in [5.74, 6) is 0.973. The number of amidine groups is 1. The highest BCUT2D eigenvalue weighted by atomic mass is 35.5. The maximum atomic E-state index is 5.55. The Morgan fingerprint density at radius 3 is 3.12 bits per heavy atom. The predicted octanol–water partition coefficient (Wildman–Crippen LogP) is 2.31. The molecule has 1 N–H and O–H groups in total. The number of rotatable bonds is 3. The van der Waals surface area contributed by atoms with E-state index in [-0.39, 0.29) is 12.4 Å². The molecule has 1 saturated heterocycles. The van der Waals surface area contributed by atoms with Gasteiger partial charge in [-0.15, -0.1) is 23.7 Å². The Balaban J connectivity index is 0.00000128. The first-order valence-electron chi connectivity index (χ1n) is 5.26. The van der Waals surface area contributed by atoms with Crippen molar-refractivity contribution in [2.24, 2.45) is 4.99 Å². The highest BCUT2D eigenvalue weighted by molar-refractivity contribution is 7.12. The second-order valence-corrected chi connectivity index (χ2v) is 4.51. The third-order valence-corrected chi connectivity index (χ3v) is 3.38. The summed E-state index contributed by atoms with van der Waals surface area (Å²) in [5.41, 5.74) is 0. The standard InChI is InChI=1S/C11H16N2OS.ClH/c1-12-11(10-5-3-7-15-10)13-8-9-4-2-6-14-9;/h3,5,7,9H,2,4,6,8H2,1H3,(H,12,13);1H. The molecule has 0 aliphatic carbocycles. The predicted molar refractivity (Wildman–Crippen MR) is 71.0 cm³/mol. The van der Waals surface area contributed by atoms with E-state index in [2.05, 4.69) is 21.8 Å². The first-order chi connectivity index (χ1) is 7.40. The summed E-state index contributed by atoms with van der Waals surface area (Å²) < 4.78 is 5.55. The molecule has 0 spiro atoms. The minimum atomic E-state index is 0. The topological polar surface area (TPSA) is 33.6 Å². The Hall–Kier alpha value is -0.580. The summed E-state index contributed by atoms with van der Waals surface area (Å²) in [6, 6.07) is 4.12. The van der Waals surface area contributed by atoms with Gasteiger partial charge in [-0.05, 0) is 24.3 Å². The van der Waals surface area contributed by atoms with E-state index in [1.54, 1.807) is 11.3 Å². The zero-order valence-corrected chi connectivity index (χ0v) is 10.9. The molecule has 0 aromatic carbocycles. The zero-order valence-electron chi connectivity index (χ0n) is 9.31. The van der Waals surface area contributed by atoms with Gasteiger partial charge in [0.1, 0.15) is 5.84 Å². The van der Waals surface area contributed by atoms with Gasteiger partial charge in [0.25, 0.3) is 0 Å². The smallest absolute Gasteiger partial charge is 0.138 e. The average Bonchev–Trinajstić information content (AvgIpc) is 2.90. The molecule has 3 nitrogen and oxygen atoms in total. The minimum absolute atomic E-state index is 0. The number of hydrogen-bond donors (Lipinski definition) is 1. The van der Waals surface area contributed by atoms with Crippen LogP contribution in [0.25, 0.3) is 0 Å². The van der Waals surface area contributed by atoms with Crippen molar-refractivity contribution >= 4 is 29.6 Å². The Kier molecular flexibility index (Phi) is 5.80. The van der Waals surface area contributed by atoms with E-state index in [1.807, 2.05) is 13.1 Å². The van der Waals surface area contributed by atoms with Gasteiger partial charge in [0, 0.05) is 20.2 Å². The molecule has 2 rings (SSSR count). The summed E-state index contributed by atoms with van der Waals surface area (Å²) in [7, 11) is 1.82. The first-order valence-corrected chi connectivity index (χ1v) is 6.14. The Labute approximate surface area is 106 Å². The van der Waals surface area contributed by atoms with Crippen LogP contribution in [0.3, 0.4) is 0 Å². The van der Waals surface area contributed by atoms with Crippen LogP contribution in [-0.4, -0.2) is 32.1 Å². The molecule has 5 heteroatoms. The molecule has 0 saturated carbocycles. The molecule has 1 unspecified atom stereocenters. The van der Waals surface area contributed by atoms with Crippen LogP contribution in [0.2, 0.25) is 0 Å². The molecule has 1 aliphatic heterocycles. The fraction of sp³-hybridized carbons (Fsp3) is 0.545. The van der Waals surface area contributed by atoms with Crippen LogP contribution in [0.1, 0.15) is 17.7 Å². The molecule has 0 amide bonds. The highest BCUT2D eigenvalue weighted by Crippen LogP contribution is 2.12. The highest BCUT2D eigenvalue weighted by Gasteiger charge is 2.15. The molecule has 0 radical (unpaired) electrons. The number of aliphatic imine (C=N–C) groups is 1. The van der Waals surface area contributed by atoms with Crippen molar-refractivity contribution in [3.8, 4) is 0 Å². The molecule has 1 aromatic rings. The lowest BCUT2D eigenvalue weighted by Gasteiger charge is -2.12. The van der Waals surface area contributed by atoms with Crippen molar-refractivity contribution in [3.05, 3.63) is 22.4 Å². The molecule has 90 valence electrons. The summed E-state index contributed by atoms with van der Waals surface area (Å²) >= 11 is 1.70. The van der Waals surface area contributed by atoms with Crippen LogP contribution >= 0.6 is 23.7 Å². The van der Waals surface area contributed by atoms with Crippen molar-refractivity contribution in [1.29, 1.82) is 0 Å². The van der Waals surface area contributed by atoms with E-state index in [0.29, 0.717) is 6.10 Å². The van der Waals surface area contributed by atoms with Crippen molar-refractivity contribution < 1.29 is 4.74 Å². The lowest BCUT2D eigenvalue weighted by atomic mass is 10.2. The van der Waals surface area contributed by atoms with Crippen LogP contribution in [-0.2, 0) is 4.74 Å². The van der Waals surface area contributed by atoms with E-state index in [0.717, 1.165) is 25.4 Å². The first kappa shape index (κ1) is 13.5. The molecule has 1 aromatic heterocycles. The summed E-state index contributed by atoms with van der Waals surface area (Å²) in [5, 5.41) is 5.41. The van der Waals surface area contributed by atoms with Crippen LogP contribution in [0.5, 0.6) is 0 Å². The Morgan fingerprint density at radius 2 is 2.56 bits per heavy atom. The monoisotopic (exact) mass is 260 g/mol. The van der Waals surface area contributed by atoms with E-state index < -0.39 is 0 Å². The van der Waals surface area contributed by atoms with E-state index >= 15 is 0 Å². The maximum Gasteiger partial charge on any atom is 0.138 e. The van der Waals surface area contributed by atoms with Gasteiger partial charge < -0.3 is 10.1 Å². The van der Waals surface area contributed by atoms with Crippen LogP contribution in [0.15, 0.2) is 22.5 Å². The van der Waals surface area contributed by atoms with Gasteiger partial charge in [-0.25, -0.2) is 0 Å². The summed E-state index contributed by atoms with van der Waals surface area (Å²) in [6.07, 6.45) is 2.71. The summed E-state index contributed by atoms with van der Waals surface area (Å²) in [4.78, 5) is 5.44. The molecule has 1 atom stereocenters. The number of thiophene rings is 1. The van der Waals surface area contributed by atoms with Crippen LogP contribution in [0, 0.1) is 0 Å². The molecule has 2 heterocycles. The average molecular weight is 261 g/mol. The fourth-order valence-electron chi connectivity index (χ4n) is 1.71. The molecule has 1 fully saturated rings. The summed E-state index contributed by atoms with van der Waals surface area (Å²) in [6.45, 7) is 1.77. The molecular formula is C11H17ClN2OS. The quantitative estimate of drug-likeness (QED) is 0.669. The van der Waals surface area contributed by atoms with Crippen LogP contribution < -0.4 is 5.32 Å². The lowest BCUT2D eigenvalue weighted by Crippen LogP contribution is -2.31. The van der Waals surface area contributed by atoms with Gasteiger partial charge in [-0.2, -0.15) is 0 Å². The van der Waals surface area contributed by atoms with Gasteiger partial charge in [-0.3, -0.25) is 4.99 Å². The Morgan fingerprint density at radius 1 is 1.69 bits per heavy atom. The van der Waals surface area contributed by atoms with Crippen molar-refractivity contribution in [3.63, 3.8) is 0 Å². The van der Waals surface area contributed by atoms with Gasteiger partial charge in [0.15, 0.2) is 0 Å². The van der Waals surface area contributed by atoms with Crippen molar-refractivity contribution in [1.82, 2.24) is 5.32 Å². The minimum Gasteiger partial charge on any atom is -0.376 e. The van der Waals surface area contributed by atoms with Gasteiger partial charge in [-0.1, -0.05) is 6.07 Å². The van der Waals surface area contributed by atoms with Crippen LogP contribution in [0.4, 0.5) is 0 Å². The number of halogens is 1. The third kappa shape index (κ3) is 3.47. The molecule has 1 aliphatic rings. The lowest BCUT2D eigenvalue weighted by molar-refractivity contribution is 0.114. The van der Waals surface area contributed by atoms with Gasteiger partial charge in [0.2, 0.25) is 0 Å². The van der Waals surface area contributed by atoms with E-state index in [1.165, 1.54) is 11.3 Å². The largest absolute Gasteiger partial charge is 0.376 e. The SMILES string of the molecule is CN=C(NCC1CCCO1)c1cccs1.Cl. The molecular weight excluding hydrogens is 244 g/mol. The maximum absolute atomic E-state index is 5.55. The molecule has 16 heavy (non-hydrogen) atoms.